The summed E-state index contributed by atoms with van der Waals surface area (Å²) in [7, 11) is 5.73. The van der Waals surface area contributed by atoms with Gasteiger partial charge in [-0.2, -0.15) is 0 Å². The zero-order valence-corrected chi connectivity index (χ0v) is 23.4. The molecule has 204 valence electrons. The molecule has 1 aromatic heterocycles. The van der Waals surface area contributed by atoms with Gasteiger partial charge >= 0.3 is 6.03 Å². The molecular weight excluding hydrogens is 486 g/mol. The summed E-state index contributed by atoms with van der Waals surface area (Å²) < 4.78 is 5.49. The van der Waals surface area contributed by atoms with Gasteiger partial charge in [-0.15, -0.1) is 0 Å². The van der Waals surface area contributed by atoms with Crippen molar-refractivity contribution in [1.29, 1.82) is 0 Å². The normalized spacial score (nSPS) is 11.6. The highest BCUT2D eigenvalue weighted by Crippen LogP contribution is 2.28. The molecule has 4 aromatic rings. The quantitative estimate of drug-likeness (QED) is 0.227. The van der Waals surface area contributed by atoms with Crippen molar-refractivity contribution >= 4 is 28.3 Å². The summed E-state index contributed by atoms with van der Waals surface area (Å²) in [6.07, 6.45) is 3.56. The van der Waals surface area contributed by atoms with Gasteiger partial charge in [0.05, 0.1) is 18.3 Å². The predicted octanol–water partition coefficient (Wildman–Crippen LogP) is 6.30. The number of anilines is 2. The molecular formula is C32H39N5O2. The van der Waals surface area contributed by atoms with Crippen LogP contribution in [-0.4, -0.2) is 49.7 Å². The smallest absolute Gasteiger partial charge is 0.317 e. The van der Waals surface area contributed by atoms with Crippen molar-refractivity contribution in [3.63, 3.8) is 0 Å². The van der Waals surface area contributed by atoms with Crippen LogP contribution in [0.5, 0.6) is 5.75 Å². The standard InChI is InChI=1S/C32H39N5O2/c1-24(35-30-21-29(39-4)20-27-13-8-18-33-31(27)30)10-9-19-37(23-26-14-16-28(17-15-26)36(2)3)32(38)34-22-25-11-6-5-7-12-25/h5-8,11-18,20-21,24,35H,9-10,19,22-23H2,1-4H3,(H,34,38). The van der Waals surface area contributed by atoms with Gasteiger partial charge in [-0.1, -0.05) is 48.5 Å². The van der Waals surface area contributed by atoms with Crippen LogP contribution in [0, 0.1) is 0 Å². The van der Waals surface area contributed by atoms with Crippen molar-refractivity contribution in [3.8, 4) is 5.75 Å². The Morgan fingerprint density at radius 1 is 0.974 bits per heavy atom. The lowest BCUT2D eigenvalue weighted by Gasteiger charge is -2.25. The Balaban J connectivity index is 1.39. The Morgan fingerprint density at radius 2 is 1.74 bits per heavy atom. The molecule has 39 heavy (non-hydrogen) atoms. The SMILES string of the molecule is COc1cc(NC(C)CCCN(Cc2ccc(N(C)C)cc2)C(=O)NCc2ccccc2)c2ncccc2c1. The number of amides is 2. The Labute approximate surface area is 231 Å². The number of aromatic nitrogens is 1. The molecule has 4 rings (SSSR count). The highest BCUT2D eigenvalue weighted by molar-refractivity contribution is 5.91. The predicted molar refractivity (Wildman–Crippen MR) is 160 cm³/mol. The average Bonchev–Trinajstić information content (AvgIpc) is 2.96. The lowest BCUT2D eigenvalue weighted by Crippen LogP contribution is -2.40. The number of rotatable bonds is 12. The number of nitrogens with one attached hydrogen (secondary N) is 2. The van der Waals surface area contributed by atoms with E-state index < -0.39 is 0 Å². The van der Waals surface area contributed by atoms with Crippen LogP contribution in [0.25, 0.3) is 10.9 Å². The number of carbonyl (C=O) groups excluding carboxylic acids is 1. The van der Waals surface area contributed by atoms with E-state index in [9.17, 15) is 4.79 Å². The van der Waals surface area contributed by atoms with E-state index in [0.29, 0.717) is 19.6 Å². The fourth-order valence-electron chi connectivity index (χ4n) is 4.58. The molecule has 1 heterocycles. The van der Waals surface area contributed by atoms with Gasteiger partial charge in [0.1, 0.15) is 5.75 Å². The molecule has 0 aliphatic rings. The Morgan fingerprint density at radius 3 is 2.46 bits per heavy atom. The minimum absolute atomic E-state index is 0.0564. The number of carbonyl (C=O) groups is 1. The van der Waals surface area contributed by atoms with Crippen molar-refractivity contribution in [2.45, 2.75) is 38.9 Å². The maximum absolute atomic E-state index is 13.2. The second-order valence-electron chi connectivity index (χ2n) is 10.1. The molecule has 0 bridgehead atoms. The second-order valence-corrected chi connectivity index (χ2v) is 10.1. The van der Waals surface area contributed by atoms with E-state index in [4.69, 9.17) is 4.74 Å². The first-order valence-electron chi connectivity index (χ1n) is 13.4. The molecule has 1 unspecified atom stereocenters. The van der Waals surface area contributed by atoms with E-state index in [-0.39, 0.29) is 12.1 Å². The van der Waals surface area contributed by atoms with Crippen molar-refractivity contribution in [3.05, 3.63) is 96.2 Å². The fraction of sp³-hybridized carbons (Fsp3) is 0.312. The van der Waals surface area contributed by atoms with Crippen LogP contribution in [0.4, 0.5) is 16.2 Å². The molecule has 0 aliphatic heterocycles. The van der Waals surface area contributed by atoms with E-state index >= 15 is 0 Å². The zero-order chi connectivity index (χ0) is 27.6. The zero-order valence-electron chi connectivity index (χ0n) is 23.4. The molecule has 2 N–H and O–H groups in total. The van der Waals surface area contributed by atoms with Crippen LogP contribution >= 0.6 is 0 Å². The summed E-state index contributed by atoms with van der Waals surface area (Å²) >= 11 is 0. The van der Waals surface area contributed by atoms with Crippen molar-refractivity contribution in [1.82, 2.24) is 15.2 Å². The fourth-order valence-corrected chi connectivity index (χ4v) is 4.58. The molecule has 3 aromatic carbocycles. The first kappa shape index (κ1) is 27.8. The molecule has 0 aliphatic carbocycles. The molecule has 7 heteroatoms. The third-order valence-corrected chi connectivity index (χ3v) is 6.78. The molecule has 0 saturated carbocycles. The highest BCUT2D eigenvalue weighted by Gasteiger charge is 2.15. The summed E-state index contributed by atoms with van der Waals surface area (Å²) in [6, 6.07) is 26.5. The molecule has 1 atom stereocenters. The van der Waals surface area contributed by atoms with E-state index in [2.05, 4.69) is 51.7 Å². The molecule has 7 nitrogen and oxygen atoms in total. The maximum Gasteiger partial charge on any atom is 0.317 e. The lowest BCUT2D eigenvalue weighted by atomic mass is 10.1. The minimum atomic E-state index is -0.0564. The first-order valence-corrected chi connectivity index (χ1v) is 13.4. The van der Waals surface area contributed by atoms with Gasteiger partial charge in [0.2, 0.25) is 0 Å². The van der Waals surface area contributed by atoms with Crippen molar-refractivity contribution in [2.24, 2.45) is 0 Å². The van der Waals surface area contributed by atoms with Crippen molar-refractivity contribution < 1.29 is 9.53 Å². The van der Waals surface area contributed by atoms with Crippen LogP contribution in [0.15, 0.2) is 85.1 Å². The summed E-state index contributed by atoms with van der Waals surface area (Å²) in [5.41, 5.74) is 5.20. The van der Waals surface area contributed by atoms with Crippen molar-refractivity contribution in [2.75, 3.05) is 38.0 Å². The molecule has 0 spiro atoms. The monoisotopic (exact) mass is 525 g/mol. The minimum Gasteiger partial charge on any atom is -0.497 e. The molecule has 0 saturated heterocycles. The number of urea groups is 1. The van der Waals surface area contributed by atoms with E-state index in [1.54, 1.807) is 7.11 Å². The summed E-state index contributed by atoms with van der Waals surface area (Å²) in [5.74, 6) is 0.798. The third kappa shape index (κ3) is 7.87. The van der Waals surface area contributed by atoms with Gasteiger partial charge in [-0.05, 0) is 55.2 Å². The van der Waals surface area contributed by atoms with E-state index in [1.807, 2.05) is 79.8 Å². The van der Waals surface area contributed by atoms with Crippen LogP contribution < -0.4 is 20.3 Å². The Kier molecular flexibility index (Phi) is 9.62. The molecule has 0 fully saturated rings. The number of hydrogen-bond acceptors (Lipinski definition) is 5. The Bertz CT molecular complexity index is 1340. The second kappa shape index (κ2) is 13.5. The summed E-state index contributed by atoms with van der Waals surface area (Å²) in [6.45, 7) is 3.87. The van der Waals surface area contributed by atoms with Gasteiger partial charge < -0.3 is 25.2 Å². The van der Waals surface area contributed by atoms with Crippen LogP contribution in [0.1, 0.15) is 30.9 Å². The van der Waals surface area contributed by atoms with Gasteiger partial charge in [0, 0.05) is 63.1 Å². The van der Waals surface area contributed by atoms with Crippen LogP contribution in [0.2, 0.25) is 0 Å². The molecule has 2 amide bonds. The van der Waals surface area contributed by atoms with Crippen LogP contribution in [-0.2, 0) is 13.1 Å². The Hall–Kier alpha value is -4.26. The summed E-state index contributed by atoms with van der Waals surface area (Å²) in [4.78, 5) is 21.8. The maximum atomic E-state index is 13.2. The number of hydrogen-bond donors (Lipinski definition) is 2. The van der Waals surface area contributed by atoms with E-state index in [1.165, 1.54) is 0 Å². The third-order valence-electron chi connectivity index (χ3n) is 6.78. The average molecular weight is 526 g/mol. The van der Waals surface area contributed by atoms with Gasteiger partial charge in [0.25, 0.3) is 0 Å². The number of nitrogens with zero attached hydrogens (tertiary/aromatic N) is 3. The van der Waals surface area contributed by atoms with Gasteiger partial charge in [-0.25, -0.2) is 4.79 Å². The van der Waals surface area contributed by atoms with Crippen LogP contribution in [0.3, 0.4) is 0 Å². The number of pyridine rings is 1. The highest BCUT2D eigenvalue weighted by atomic mass is 16.5. The number of fused-ring (bicyclic) bond motifs is 1. The first-order chi connectivity index (χ1) is 18.9. The number of ether oxygens (including phenoxy) is 1. The number of benzene rings is 3. The molecule has 0 radical (unpaired) electrons. The van der Waals surface area contributed by atoms with E-state index in [0.717, 1.165) is 52.0 Å². The lowest BCUT2D eigenvalue weighted by molar-refractivity contribution is 0.193. The largest absolute Gasteiger partial charge is 0.497 e. The number of methoxy groups -OCH3 is 1. The van der Waals surface area contributed by atoms with Gasteiger partial charge in [0.15, 0.2) is 0 Å². The summed E-state index contributed by atoms with van der Waals surface area (Å²) in [5, 5.41) is 7.75. The topological polar surface area (TPSA) is 69.7 Å². The van der Waals surface area contributed by atoms with Gasteiger partial charge in [-0.3, -0.25) is 4.98 Å².